The lowest BCUT2D eigenvalue weighted by atomic mass is 10.3. The molecular formula is C13H15N5O4S2. The van der Waals surface area contributed by atoms with Gasteiger partial charge in [0.15, 0.2) is 5.16 Å². The van der Waals surface area contributed by atoms with Gasteiger partial charge in [-0.25, -0.2) is 23.4 Å². The van der Waals surface area contributed by atoms with Gasteiger partial charge < -0.3 is 5.32 Å². The van der Waals surface area contributed by atoms with Gasteiger partial charge in [-0.1, -0.05) is 11.8 Å². The van der Waals surface area contributed by atoms with Gasteiger partial charge in [0.25, 0.3) is 0 Å². The van der Waals surface area contributed by atoms with E-state index in [-0.39, 0.29) is 28.3 Å². The van der Waals surface area contributed by atoms with Crippen LogP contribution in [-0.2, 0) is 14.8 Å². The van der Waals surface area contributed by atoms with Crippen molar-refractivity contribution in [2.75, 3.05) is 11.1 Å². The van der Waals surface area contributed by atoms with Gasteiger partial charge in [-0.15, -0.1) is 5.10 Å². The number of carbonyl (C=O) groups is 1. The molecule has 3 rings (SSSR count). The Bertz CT molecular complexity index is 913. The summed E-state index contributed by atoms with van der Waals surface area (Å²) in [7, 11) is -3.76. The van der Waals surface area contributed by atoms with E-state index in [1.54, 1.807) is 4.57 Å². The number of hydrogen-bond donors (Lipinski definition) is 3. The largest absolute Gasteiger partial charge is 0.344 e. The molecule has 24 heavy (non-hydrogen) atoms. The molecular weight excluding hydrogens is 354 g/mol. The molecule has 128 valence electrons. The minimum absolute atomic E-state index is 0.0279. The molecule has 1 saturated carbocycles. The van der Waals surface area contributed by atoms with Crippen molar-refractivity contribution in [3.8, 4) is 0 Å². The third-order valence-electron chi connectivity index (χ3n) is 3.38. The minimum atomic E-state index is -3.76. The normalized spacial score (nSPS) is 14.5. The Labute approximate surface area is 141 Å². The molecule has 0 radical (unpaired) electrons. The van der Waals surface area contributed by atoms with Crippen molar-refractivity contribution in [2.24, 2.45) is 5.14 Å². The first-order chi connectivity index (χ1) is 11.3. The predicted octanol–water partition coefficient (Wildman–Crippen LogP) is 0.284. The van der Waals surface area contributed by atoms with Crippen LogP contribution in [0.15, 0.2) is 39.1 Å². The van der Waals surface area contributed by atoms with Gasteiger partial charge in [-0.3, -0.25) is 9.36 Å². The Morgan fingerprint density at radius 2 is 2.04 bits per heavy atom. The van der Waals surface area contributed by atoms with E-state index in [1.807, 2.05) is 0 Å². The standard InChI is InChI=1S/C13H15N5O4S2/c14-24(21,22)10-5-1-8(2-6-10)15-11(19)7-23-13-17-16-12(20)18(13)9-3-4-9/h1-2,5-6,9H,3-4,7H2,(H,15,19)(H,16,20)(H2,14,21,22). The number of nitrogens with zero attached hydrogens (tertiary/aromatic N) is 2. The molecule has 1 aliphatic rings. The third kappa shape index (κ3) is 3.86. The molecule has 4 N–H and O–H groups in total. The molecule has 0 saturated heterocycles. The minimum Gasteiger partial charge on any atom is -0.325 e. The number of primary sulfonamides is 1. The lowest BCUT2D eigenvalue weighted by Gasteiger charge is -2.06. The van der Waals surface area contributed by atoms with E-state index >= 15 is 0 Å². The highest BCUT2D eigenvalue weighted by molar-refractivity contribution is 7.99. The number of anilines is 1. The number of amides is 1. The monoisotopic (exact) mass is 369 g/mol. The van der Waals surface area contributed by atoms with Gasteiger partial charge in [0.05, 0.1) is 10.6 Å². The number of carbonyl (C=O) groups excluding carboxylic acids is 1. The molecule has 0 spiro atoms. The highest BCUT2D eigenvalue weighted by Crippen LogP contribution is 2.35. The van der Waals surface area contributed by atoms with Crippen molar-refractivity contribution in [2.45, 2.75) is 28.9 Å². The molecule has 0 aliphatic heterocycles. The van der Waals surface area contributed by atoms with Gasteiger partial charge in [-0.05, 0) is 37.1 Å². The van der Waals surface area contributed by atoms with Gasteiger partial charge in [0.1, 0.15) is 0 Å². The highest BCUT2D eigenvalue weighted by atomic mass is 32.2. The Morgan fingerprint density at radius 1 is 1.38 bits per heavy atom. The molecule has 0 unspecified atom stereocenters. The maximum absolute atomic E-state index is 12.0. The summed E-state index contributed by atoms with van der Waals surface area (Å²) in [5, 5.41) is 14.4. The van der Waals surface area contributed by atoms with E-state index < -0.39 is 10.0 Å². The van der Waals surface area contributed by atoms with Crippen LogP contribution >= 0.6 is 11.8 Å². The van der Waals surface area contributed by atoms with Gasteiger partial charge in [-0.2, -0.15) is 0 Å². The summed E-state index contributed by atoms with van der Waals surface area (Å²) in [6, 6.07) is 5.72. The summed E-state index contributed by atoms with van der Waals surface area (Å²) in [6.07, 6.45) is 1.88. The number of aromatic amines is 1. The summed E-state index contributed by atoms with van der Waals surface area (Å²) < 4.78 is 23.9. The molecule has 1 aliphatic carbocycles. The SMILES string of the molecule is NS(=O)(=O)c1ccc(NC(=O)CSc2n[nH]c(=O)n2C2CC2)cc1. The Kier molecular flexibility index (Phi) is 4.47. The average Bonchev–Trinajstić information content (AvgIpc) is 3.28. The Hall–Kier alpha value is -2.11. The zero-order valence-electron chi connectivity index (χ0n) is 12.4. The second-order valence-corrected chi connectivity index (χ2v) is 7.82. The number of nitrogens with two attached hydrogens (primary N) is 1. The summed E-state index contributed by atoms with van der Waals surface area (Å²) in [5.41, 5.74) is 0.189. The van der Waals surface area contributed by atoms with E-state index in [2.05, 4.69) is 15.5 Å². The van der Waals surface area contributed by atoms with E-state index in [4.69, 9.17) is 5.14 Å². The average molecular weight is 369 g/mol. The highest BCUT2D eigenvalue weighted by Gasteiger charge is 2.28. The van der Waals surface area contributed by atoms with Crippen LogP contribution in [0.5, 0.6) is 0 Å². The second-order valence-electron chi connectivity index (χ2n) is 5.32. The smallest absolute Gasteiger partial charge is 0.325 e. The van der Waals surface area contributed by atoms with Crippen LogP contribution in [0, 0.1) is 0 Å². The number of benzene rings is 1. The van der Waals surface area contributed by atoms with Gasteiger partial charge in [0.2, 0.25) is 15.9 Å². The summed E-state index contributed by atoms with van der Waals surface area (Å²) in [6.45, 7) is 0. The van der Waals surface area contributed by atoms with Gasteiger partial charge in [0, 0.05) is 11.7 Å². The molecule has 9 nitrogen and oxygen atoms in total. The number of H-pyrrole nitrogens is 1. The van der Waals surface area contributed by atoms with Gasteiger partial charge >= 0.3 is 5.69 Å². The number of thioether (sulfide) groups is 1. The fourth-order valence-electron chi connectivity index (χ4n) is 2.10. The molecule has 11 heteroatoms. The third-order valence-corrected chi connectivity index (χ3v) is 5.27. The summed E-state index contributed by atoms with van der Waals surface area (Å²) >= 11 is 1.16. The van der Waals surface area contributed by atoms with Crippen LogP contribution in [0.2, 0.25) is 0 Å². The summed E-state index contributed by atoms with van der Waals surface area (Å²) in [5.74, 6) is -0.213. The molecule has 1 amide bonds. The molecule has 1 aromatic carbocycles. The fraction of sp³-hybridized carbons (Fsp3) is 0.308. The zero-order valence-corrected chi connectivity index (χ0v) is 14.1. The Morgan fingerprint density at radius 3 is 2.62 bits per heavy atom. The number of hydrogen-bond acceptors (Lipinski definition) is 6. The van der Waals surface area contributed by atoms with Crippen LogP contribution in [-0.4, -0.2) is 34.8 Å². The molecule has 0 bridgehead atoms. The van der Waals surface area contributed by atoms with Crippen molar-refractivity contribution in [3.05, 3.63) is 34.7 Å². The number of aromatic nitrogens is 3. The number of sulfonamides is 1. The quantitative estimate of drug-likeness (QED) is 0.625. The first kappa shape index (κ1) is 16.7. The molecule has 1 heterocycles. The number of nitrogens with one attached hydrogen (secondary N) is 2. The van der Waals surface area contributed by atoms with Crippen molar-refractivity contribution >= 4 is 33.4 Å². The van der Waals surface area contributed by atoms with E-state index in [0.29, 0.717) is 10.8 Å². The molecule has 1 aromatic heterocycles. The lowest BCUT2D eigenvalue weighted by molar-refractivity contribution is -0.113. The Balaban J connectivity index is 1.59. The fourth-order valence-corrected chi connectivity index (χ4v) is 3.43. The maximum Gasteiger partial charge on any atom is 0.344 e. The molecule has 1 fully saturated rings. The number of rotatable bonds is 6. The molecule has 2 aromatic rings. The zero-order chi connectivity index (χ0) is 17.3. The lowest BCUT2D eigenvalue weighted by Crippen LogP contribution is -2.18. The predicted molar refractivity (Wildman–Crippen MR) is 88.3 cm³/mol. The van der Waals surface area contributed by atoms with Crippen LogP contribution in [0.1, 0.15) is 18.9 Å². The van der Waals surface area contributed by atoms with E-state index in [9.17, 15) is 18.0 Å². The van der Waals surface area contributed by atoms with Crippen LogP contribution in [0.25, 0.3) is 0 Å². The first-order valence-corrected chi connectivity index (χ1v) is 9.60. The first-order valence-electron chi connectivity index (χ1n) is 7.07. The second kappa shape index (κ2) is 6.42. The van der Waals surface area contributed by atoms with Crippen LogP contribution < -0.4 is 16.1 Å². The van der Waals surface area contributed by atoms with Crippen molar-refractivity contribution in [3.63, 3.8) is 0 Å². The van der Waals surface area contributed by atoms with Crippen molar-refractivity contribution < 1.29 is 13.2 Å². The maximum atomic E-state index is 12.0. The summed E-state index contributed by atoms with van der Waals surface area (Å²) in [4.78, 5) is 23.6. The topological polar surface area (TPSA) is 140 Å². The van der Waals surface area contributed by atoms with Crippen LogP contribution in [0.4, 0.5) is 5.69 Å². The van der Waals surface area contributed by atoms with E-state index in [1.165, 1.54) is 24.3 Å². The van der Waals surface area contributed by atoms with Crippen molar-refractivity contribution in [1.82, 2.24) is 14.8 Å². The molecule has 0 atom stereocenters. The van der Waals surface area contributed by atoms with E-state index in [0.717, 1.165) is 24.6 Å². The van der Waals surface area contributed by atoms with Crippen LogP contribution in [0.3, 0.4) is 0 Å². The van der Waals surface area contributed by atoms with Crippen molar-refractivity contribution in [1.29, 1.82) is 0 Å².